The summed E-state index contributed by atoms with van der Waals surface area (Å²) in [5, 5.41) is 4.11. The summed E-state index contributed by atoms with van der Waals surface area (Å²) < 4.78 is 31.1. The van der Waals surface area contributed by atoms with E-state index in [1.165, 1.54) is 16.8 Å². The molecule has 0 radical (unpaired) electrons. The van der Waals surface area contributed by atoms with Gasteiger partial charge in [-0.25, -0.2) is 8.78 Å². The second-order valence-corrected chi connectivity index (χ2v) is 6.70. The Morgan fingerprint density at radius 3 is 2.88 bits per heavy atom. The number of benzene rings is 1. The lowest BCUT2D eigenvalue weighted by molar-refractivity contribution is 0.0986. The summed E-state index contributed by atoms with van der Waals surface area (Å²) in [6.07, 6.45) is 3.09. The fraction of sp³-hybridized carbons (Fsp3) is 0.235. The first-order valence-corrected chi connectivity index (χ1v) is 8.46. The van der Waals surface area contributed by atoms with E-state index in [0.717, 1.165) is 17.4 Å². The molecule has 2 aromatic heterocycles. The molecule has 3 rings (SSSR count). The SMILES string of the molecule is C=CCn1c(=NC(=O)c2ccnn2C(C)C)sc2cc(F)cc(F)c21. The molecule has 0 aliphatic carbocycles. The highest BCUT2D eigenvalue weighted by Crippen LogP contribution is 2.22. The molecule has 0 saturated heterocycles. The van der Waals surface area contributed by atoms with E-state index in [4.69, 9.17) is 0 Å². The van der Waals surface area contributed by atoms with Gasteiger partial charge in [0.15, 0.2) is 10.6 Å². The predicted octanol–water partition coefficient (Wildman–Crippen LogP) is 3.69. The van der Waals surface area contributed by atoms with E-state index in [2.05, 4.69) is 16.7 Å². The monoisotopic (exact) mass is 362 g/mol. The van der Waals surface area contributed by atoms with Crippen LogP contribution < -0.4 is 4.80 Å². The molecular formula is C17H16F2N4OS. The number of hydrogen-bond donors (Lipinski definition) is 0. The molecule has 0 spiro atoms. The number of hydrogen-bond acceptors (Lipinski definition) is 3. The lowest BCUT2D eigenvalue weighted by Gasteiger charge is -2.07. The summed E-state index contributed by atoms with van der Waals surface area (Å²) >= 11 is 1.05. The van der Waals surface area contributed by atoms with E-state index < -0.39 is 17.5 Å². The number of fused-ring (bicyclic) bond motifs is 1. The minimum atomic E-state index is -0.700. The van der Waals surface area contributed by atoms with E-state index in [1.54, 1.807) is 16.8 Å². The van der Waals surface area contributed by atoms with Gasteiger partial charge in [-0.15, -0.1) is 6.58 Å². The van der Waals surface area contributed by atoms with Crippen LogP contribution in [0, 0.1) is 11.6 Å². The van der Waals surface area contributed by atoms with Crippen molar-refractivity contribution in [2.45, 2.75) is 26.4 Å². The third kappa shape index (κ3) is 3.17. The highest BCUT2D eigenvalue weighted by molar-refractivity contribution is 7.16. The molecule has 3 aromatic rings. The van der Waals surface area contributed by atoms with Gasteiger partial charge in [0.05, 0.1) is 10.2 Å². The number of thiazole rings is 1. The largest absolute Gasteiger partial charge is 0.310 e. The maximum Gasteiger partial charge on any atom is 0.297 e. The van der Waals surface area contributed by atoms with Crippen LogP contribution in [0.5, 0.6) is 0 Å². The van der Waals surface area contributed by atoms with Crippen molar-refractivity contribution in [1.29, 1.82) is 0 Å². The van der Waals surface area contributed by atoms with Crippen LogP contribution >= 0.6 is 11.3 Å². The molecule has 1 amide bonds. The fourth-order valence-corrected chi connectivity index (χ4v) is 3.63. The summed E-state index contributed by atoms with van der Waals surface area (Å²) in [4.78, 5) is 17.0. The van der Waals surface area contributed by atoms with Gasteiger partial charge in [-0.05, 0) is 26.0 Å². The number of nitrogens with zero attached hydrogens (tertiary/aromatic N) is 4. The third-order valence-electron chi connectivity index (χ3n) is 3.58. The Hall–Kier alpha value is -2.61. The van der Waals surface area contributed by atoms with E-state index >= 15 is 0 Å². The molecule has 8 heteroatoms. The normalized spacial score (nSPS) is 12.3. The van der Waals surface area contributed by atoms with Gasteiger partial charge in [-0.2, -0.15) is 10.1 Å². The third-order valence-corrected chi connectivity index (χ3v) is 4.61. The second kappa shape index (κ2) is 6.72. The zero-order chi connectivity index (χ0) is 18.1. The number of rotatable bonds is 4. The molecule has 0 N–H and O–H groups in total. The average Bonchev–Trinajstić information content (AvgIpc) is 3.13. The molecule has 0 fully saturated rings. The van der Waals surface area contributed by atoms with Crippen LogP contribution in [0.4, 0.5) is 8.78 Å². The lowest BCUT2D eigenvalue weighted by atomic mass is 10.3. The standard InChI is InChI=1S/C17H16F2N4OS/c1-4-7-22-15-12(19)8-11(18)9-14(15)25-17(22)21-16(24)13-5-6-20-23(13)10(2)3/h4-6,8-10H,1,7H2,2-3H3. The average molecular weight is 362 g/mol. The van der Waals surface area contributed by atoms with E-state index in [-0.39, 0.29) is 22.9 Å². The molecule has 0 aliphatic heterocycles. The van der Waals surface area contributed by atoms with Crippen LogP contribution in [-0.2, 0) is 6.54 Å². The second-order valence-electron chi connectivity index (χ2n) is 5.69. The Kier molecular flexibility index (Phi) is 4.63. The van der Waals surface area contributed by atoms with Crippen molar-refractivity contribution in [1.82, 2.24) is 14.3 Å². The van der Waals surface area contributed by atoms with Crippen molar-refractivity contribution >= 4 is 27.5 Å². The maximum atomic E-state index is 14.2. The summed E-state index contributed by atoms with van der Waals surface area (Å²) in [6.45, 7) is 7.70. The lowest BCUT2D eigenvalue weighted by Crippen LogP contribution is -2.18. The molecule has 0 aliphatic rings. The van der Waals surface area contributed by atoms with Gasteiger partial charge in [-0.1, -0.05) is 17.4 Å². The van der Waals surface area contributed by atoms with Gasteiger partial charge in [0.25, 0.3) is 5.91 Å². The number of amides is 1. The Morgan fingerprint density at radius 1 is 1.44 bits per heavy atom. The quantitative estimate of drug-likeness (QED) is 0.665. The highest BCUT2D eigenvalue weighted by atomic mass is 32.1. The van der Waals surface area contributed by atoms with Crippen molar-refractivity contribution < 1.29 is 13.6 Å². The van der Waals surface area contributed by atoms with E-state index in [9.17, 15) is 13.6 Å². The van der Waals surface area contributed by atoms with Crippen LogP contribution in [0.2, 0.25) is 0 Å². The topological polar surface area (TPSA) is 52.2 Å². The van der Waals surface area contributed by atoms with Gasteiger partial charge in [0.1, 0.15) is 11.5 Å². The van der Waals surface area contributed by atoms with Crippen molar-refractivity contribution in [3.8, 4) is 0 Å². The Morgan fingerprint density at radius 2 is 2.20 bits per heavy atom. The first-order valence-electron chi connectivity index (χ1n) is 7.64. The Balaban J connectivity index is 2.20. The van der Waals surface area contributed by atoms with Gasteiger partial charge in [0, 0.05) is 24.8 Å². The number of halogens is 2. The molecule has 1 aromatic carbocycles. The smallest absolute Gasteiger partial charge is 0.297 e. The van der Waals surface area contributed by atoms with Crippen LogP contribution in [-0.4, -0.2) is 20.3 Å². The van der Waals surface area contributed by atoms with E-state index in [1.807, 2.05) is 13.8 Å². The molecule has 0 saturated carbocycles. The zero-order valence-corrected chi connectivity index (χ0v) is 14.6. The van der Waals surface area contributed by atoms with Gasteiger partial charge in [-0.3, -0.25) is 9.48 Å². The van der Waals surface area contributed by atoms with Gasteiger partial charge < -0.3 is 4.57 Å². The highest BCUT2D eigenvalue weighted by Gasteiger charge is 2.16. The Bertz CT molecular complexity index is 1030. The molecule has 25 heavy (non-hydrogen) atoms. The summed E-state index contributed by atoms with van der Waals surface area (Å²) in [5.74, 6) is -1.86. The number of carbonyl (C=O) groups excluding carboxylic acids is 1. The van der Waals surface area contributed by atoms with E-state index in [0.29, 0.717) is 10.4 Å². The summed E-state index contributed by atoms with van der Waals surface area (Å²) in [7, 11) is 0. The summed E-state index contributed by atoms with van der Waals surface area (Å²) in [6, 6.07) is 3.62. The molecule has 0 atom stereocenters. The first kappa shape index (κ1) is 17.2. The zero-order valence-electron chi connectivity index (χ0n) is 13.7. The minimum absolute atomic E-state index is 0.00148. The molecule has 2 heterocycles. The van der Waals surface area contributed by atoms with Crippen LogP contribution in [0.25, 0.3) is 10.2 Å². The first-order chi connectivity index (χ1) is 11.9. The molecule has 130 valence electrons. The predicted molar refractivity (Wildman–Crippen MR) is 92.4 cm³/mol. The summed E-state index contributed by atoms with van der Waals surface area (Å²) in [5.41, 5.74) is 0.541. The number of aromatic nitrogens is 3. The Labute approximate surface area is 146 Å². The van der Waals surface area contributed by atoms with Gasteiger partial charge >= 0.3 is 0 Å². The molecule has 0 bridgehead atoms. The maximum absolute atomic E-state index is 14.2. The minimum Gasteiger partial charge on any atom is -0.310 e. The number of allylic oxidation sites excluding steroid dienone is 1. The van der Waals surface area contributed by atoms with Crippen molar-refractivity contribution in [2.75, 3.05) is 0 Å². The van der Waals surface area contributed by atoms with Crippen molar-refractivity contribution in [3.63, 3.8) is 0 Å². The van der Waals surface area contributed by atoms with Crippen LogP contribution in [0.1, 0.15) is 30.4 Å². The van der Waals surface area contributed by atoms with Gasteiger partial charge in [0.2, 0.25) is 0 Å². The molecule has 5 nitrogen and oxygen atoms in total. The van der Waals surface area contributed by atoms with Crippen LogP contribution in [0.15, 0.2) is 42.0 Å². The van der Waals surface area contributed by atoms with Crippen molar-refractivity contribution in [3.05, 3.63) is 59.2 Å². The number of carbonyl (C=O) groups is 1. The van der Waals surface area contributed by atoms with Crippen LogP contribution in [0.3, 0.4) is 0 Å². The fourth-order valence-electron chi connectivity index (χ4n) is 2.55. The molecule has 0 unspecified atom stereocenters. The molecular weight excluding hydrogens is 346 g/mol. The van der Waals surface area contributed by atoms with Crippen molar-refractivity contribution in [2.24, 2.45) is 4.99 Å².